The number of carboxylic acids is 1. The number of allylic oxidation sites excluding steroid dienone is 3. The van der Waals surface area contributed by atoms with Gasteiger partial charge in [-0.15, -0.1) is 11.3 Å². The van der Waals surface area contributed by atoms with Gasteiger partial charge in [0.25, 0.3) is 0 Å². The third-order valence-electron chi connectivity index (χ3n) is 15.4. The van der Waals surface area contributed by atoms with Crippen LogP contribution in [0.15, 0.2) is 47.9 Å². The average Bonchev–Trinajstić information content (AvgIpc) is 3.62. The fourth-order valence-electron chi connectivity index (χ4n) is 13.0. The maximum Gasteiger partial charge on any atom is 0.335 e. The van der Waals surface area contributed by atoms with Gasteiger partial charge in [0.2, 0.25) is 0 Å². The Morgan fingerprint density at radius 2 is 1.72 bits per heavy atom. The molecule has 0 saturated heterocycles. The zero-order valence-electron chi connectivity index (χ0n) is 29.3. The Hall–Kier alpha value is -2.40. The van der Waals surface area contributed by atoms with E-state index in [-0.39, 0.29) is 16.4 Å². The first-order valence-corrected chi connectivity index (χ1v) is 19.0. The second-order valence-electron chi connectivity index (χ2n) is 17.4. The Labute approximate surface area is 281 Å². The van der Waals surface area contributed by atoms with E-state index in [1.54, 1.807) is 23.5 Å². The van der Waals surface area contributed by atoms with Crippen LogP contribution in [0.2, 0.25) is 0 Å². The third kappa shape index (κ3) is 4.42. The molecule has 4 fully saturated rings. The normalized spacial score (nSPS) is 40.9. The summed E-state index contributed by atoms with van der Waals surface area (Å²) in [6.45, 7) is 22.1. The molecule has 5 aliphatic rings. The summed E-state index contributed by atoms with van der Waals surface area (Å²) >= 11 is 1.80. The Bertz CT molecular complexity index is 1570. The lowest BCUT2D eigenvalue weighted by atomic mass is 9.33. The molecule has 4 nitrogen and oxygen atoms in total. The molecule has 5 aliphatic carbocycles. The van der Waals surface area contributed by atoms with Gasteiger partial charge in [-0.3, -0.25) is 0 Å². The van der Waals surface area contributed by atoms with Crippen LogP contribution in [-0.2, 0) is 6.42 Å². The van der Waals surface area contributed by atoms with Crippen LogP contribution < -0.4 is 5.32 Å². The van der Waals surface area contributed by atoms with Crippen molar-refractivity contribution in [2.24, 2.45) is 51.2 Å². The predicted octanol–water partition coefficient (Wildman–Crippen LogP) is 10.9. The topological polar surface area (TPSA) is 62.2 Å². The molecule has 0 aliphatic heterocycles. The number of nitrogens with zero attached hydrogens (tertiary/aromatic N) is 1. The molecule has 0 bridgehead atoms. The number of aromatic nitrogens is 1. The van der Waals surface area contributed by atoms with Crippen molar-refractivity contribution in [3.63, 3.8) is 0 Å². The zero-order chi connectivity index (χ0) is 32.9. The van der Waals surface area contributed by atoms with E-state index in [4.69, 9.17) is 4.98 Å². The number of hydrogen-bond acceptors (Lipinski definition) is 4. The molecule has 1 aromatic carbocycles. The lowest BCUT2D eigenvalue weighted by Crippen LogP contribution is -2.67. The Morgan fingerprint density at radius 3 is 2.37 bits per heavy atom. The molecule has 0 amide bonds. The van der Waals surface area contributed by atoms with Crippen molar-refractivity contribution in [3.8, 4) is 0 Å². The lowest BCUT2D eigenvalue weighted by molar-refractivity contribution is -0.216. The Balaban J connectivity index is 1.22. The van der Waals surface area contributed by atoms with Crippen LogP contribution in [0.3, 0.4) is 0 Å². The van der Waals surface area contributed by atoms with Crippen molar-refractivity contribution >= 4 is 28.0 Å². The van der Waals surface area contributed by atoms with Gasteiger partial charge in [0.05, 0.1) is 11.3 Å². The van der Waals surface area contributed by atoms with Crippen molar-refractivity contribution < 1.29 is 9.90 Å². The highest BCUT2D eigenvalue weighted by molar-refractivity contribution is 7.13. The minimum atomic E-state index is -0.858. The highest BCUT2D eigenvalue weighted by atomic mass is 32.1. The minimum Gasteiger partial charge on any atom is -0.478 e. The highest BCUT2D eigenvalue weighted by Crippen LogP contribution is 2.77. The van der Waals surface area contributed by atoms with Gasteiger partial charge in [-0.2, -0.15) is 0 Å². The molecule has 1 aromatic heterocycles. The predicted molar refractivity (Wildman–Crippen MR) is 191 cm³/mol. The monoisotopic (exact) mass is 640 g/mol. The molecule has 7 rings (SSSR count). The molecule has 46 heavy (non-hydrogen) atoms. The summed E-state index contributed by atoms with van der Waals surface area (Å²) in [6, 6.07) is 7.63. The Morgan fingerprint density at radius 1 is 0.978 bits per heavy atom. The second-order valence-corrected chi connectivity index (χ2v) is 18.2. The van der Waals surface area contributed by atoms with Crippen LogP contribution in [0, 0.1) is 51.2 Å². The van der Waals surface area contributed by atoms with E-state index in [2.05, 4.69) is 71.8 Å². The standard InChI is InChI=1S/C41H56N2O2S/c1-9-28-24-46-36(42-28)43-41-21-16-29(25(2)3)34(41)31-14-15-33-38(6)19-17-30(26-10-12-27(13-11-26)35(44)45)37(4,5)32(38)18-20-40(33,8)39(31,7)22-23-41/h10-13,17,24,29,31-34H,2,9,14-16,18-23H2,1,3-8H3,(H,42,43)(H,44,45)/t29-,31+,32?,33?,34?,38-,39+,40+,41-/m0/s1. The van der Waals surface area contributed by atoms with Gasteiger partial charge in [0.15, 0.2) is 5.13 Å². The number of hydrogen-bond donors (Lipinski definition) is 2. The van der Waals surface area contributed by atoms with Crippen molar-refractivity contribution in [2.45, 2.75) is 118 Å². The number of aromatic carboxylic acids is 1. The molecule has 4 saturated carbocycles. The first kappa shape index (κ1) is 32.2. The van der Waals surface area contributed by atoms with Crippen molar-refractivity contribution in [2.75, 3.05) is 5.32 Å². The SMILES string of the molecule is C=C(C)[C@@H]1CC[C@]2(Nc3nc(CC)cs3)CC[C@]3(C)[C@H](CCC4[C@@]5(C)CC=C(c6ccc(C(=O)O)cc6)C(C)(C)C5CC[C@]43C)C12. The minimum absolute atomic E-state index is 0.0318. The number of aryl methyl sites for hydroxylation is 1. The van der Waals surface area contributed by atoms with E-state index in [0.29, 0.717) is 46.0 Å². The van der Waals surface area contributed by atoms with E-state index in [9.17, 15) is 9.90 Å². The zero-order valence-corrected chi connectivity index (χ0v) is 30.2. The molecule has 2 aromatic rings. The number of benzene rings is 1. The summed E-state index contributed by atoms with van der Waals surface area (Å²) in [5.74, 6) is 2.34. The quantitative estimate of drug-likeness (QED) is 0.308. The number of carboxylic acid groups (broad SMARTS) is 1. The van der Waals surface area contributed by atoms with Crippen LogP contribution in [0.25, 0.3) is 5.57 Å². The molecule has 1 heterocycles. The van der Waals surface area contributed by atoms with Crippen LogP contribution in [0.5, 0.6) is 0 Å². The van der Waals surface area contributed by atoms with Gasteiger partial charge < -0.3 is 10.4 Å². The summed E-state index contributed by atoms with van der Waals surface area (Å²) in [5, 5.41) is 17.0. The molecular formula is C41H56N2O2S. The van der Waals surface area contributed by atoms with Crippen LogP contribution in [0.1, 0.15) is 128 Å². The molecule has 0 spiro atoms. The number of nitrogens with one attached hydrogen (secondary N) is 1. The van der Waals surface area contributed by atoms with Crippen molar-refractivity contribution in [3.05, 3.63) is 64.7 Å². The number of fused-ring (bicyclic) bond motifs is 7. The molecule has 0 radical (unpaired) electrons. The van der Waals surface area contributed by atoms with E-state index in [0.717, 1.165) is 18.0 Å². The van der Waals surface area contributed by atoms with E-state index in [1.807, 2.05) is 12.1 Å². The van der Waals surface area contributed by atoms with E-state index < -0.39 is 5.97 Å². The summed E-state index contributed by atoms with van der Waals surface area (Å²) in [5.41, 5.74) is 6.57. The second kappa shape index (κ2) is 10.8. The Kier molecular flexibility index (Phi) is 7.55. The lowest BCUT2D eigenvalue weighted by Gasteiger charge is -2.72. The third-order valence-corrected chi connectivity index (χ3v) is 16.2. The average molecular weight is 641 g/mol. The number of thiazole rings is 1. The molecule has 2 N–H and O–H groups in total. The molecule has 248 valence electrons. The molecule has 3 unspecified atom stereocenters. The van der Waals surface area contributed by atoms with E-state index in [1.165, 1.54) is 73.8 Å². The van der Waals surface area contributed by atoms with Gasteiger partial charge in [-0.1, -0.05) is 71.9 Å². The fraction of sp³-hybridized carbons (Fsp3) is 0.659. The first-order valence-electron chi connectivity index (χ1n) is 18.1. The smallest absolute Gasteiger partial charge is 0.335 e. The first-order chi connectivity index (χ1) is 21.7. The molecular weight excluding hydrogens is 585 g/mol. The summed E-state index contributed by atoms with van der Waals surface area (Å²) in [6.07, 6.45) is 14.9. The van der Waals surface area contributed by atoms with Crippen LogP contribution in [-0.4, -0.2) is 21.6 Å². The van der Waals surface area contributed by atoms with Gasteiger partial charge >= 0.3 is 5.97 Å². The highest BCUT2D eigenvalue weighted by Gasteiger charge is 2.70. The fourth-order valence-corrected chi connectivity index (χ4v) is 13.9. The summed E-state index contributed by atoms with van der Waals surface area (Å²) < 4.78 is 0. The molecule has 9 atom stereocenters. The molecule has 5 heteroatoms. The van der Waals surface area contributed by atoms with Gasteiger partial charge in [-0.25, -0.2) is 9.78 Å². The number of rotatable bonds is 6. The van der Waals surface area contributed by atoms with E-state index >= 15 is 0 Å². The maximum atomic E-state index is 11.5. The number of anilines is 1. The van der Waals surface area contributed by atoms with Gasteiger partial charge in [0.1, 0.15) is 0 Å². The van der Waals surface area contributed by atoms with Gasteiger partial charge in [-0.05, 0) is 146 Å². The summed E-state index contributed by atoms with van der Waals surface area (Å²) in [4.78, 5) is 16.5. The van der Waals surface area contributed by atoms with Crippen molar-refractivity contribution in [1.82, 2.24) is 4.98 Å². The van der Waals surface area contributed by atoms with Crippen LogP contribution >= 0.6 is 11.3 Å². The maximum absolute atomic E-state index is 11.5. The van der Waals surface area contributed by atoms with Crippen molar-refractivity contribution in [1.29, 1.82) is 0 Å². The van der Waals surface area contributed by atoms with Gasteiger partial charge in [0, 0.05) is 10.9 Å². The summed E-state index contributed by atoms with van der Waals surface area (Å²) in [7, 11) is 0. The van der Waals surface area contributed by atoms with Crippen LogP contribution in [0.4, 0.5) is 5.13 Å². The number of carbonyl (C=O) groups is 1. The largest absolute Gasteiger partial charge is 0.478 e.